The minimum atomic E-state index is 1.000. The molecule has 0 aromatic rings. The molecule has 1 aliphatic heterocycles. The highest BCUT2D eigenvalue weighted by Gasteiger charge is 2.04. The number of unbranched alkanes of at least 4 members (excludes halogenated alkanes) is 9. The van der Waals surface area contributed by atoms with E-state index in [9.17, 15) is 0 Å². The van der Waals surface area contributed by atoms with Crippen LogP contribution in [0.3, 0.4) is 0 Å². The number of allylic oxidation sites excluding steroid dienone is 1. The molecule has 0 atom stereocenters. The van der Waals surface area contributed by atoms with E-state index in [1.807, 2.05) is 0 Å². The fraction of sp³-hybridized carbons (Fsp3) is 0.824. The van der Waals surface area contributed by atoms with Gasteiger partial charge >= 0.3 is 0 Å². The van der Waals surface area contributed by atoms with E-state index < -0.39 is 0 Å². The first-order valence-electron chi connectivity index (χ1n) is 8.30. The van der Waals surface area contributed by atoms with Crippen molar-refractivity contribution in [3.8, 4) is 0 Å². The smallest absolute Gasteiger partial charge is 0.104 e. The van der Waals surface area contributed by atoms with Crippen LogP contribution in [0.2, 0.25) is 0 Å². The minimum absolute atomic E-state index is 1.000. The number of nitrogens with zero attached hydrogens (tertiary/aromatic N) is 1. The van der Waals surface area contributed by atoms with Crippen LogP contribution in [0.25, 0.3) is 0 Å². The summed E-state index contributed by atoms with van der Waals surface area (Å²) in [6.07, 6.45) is 17.1. The van der Waals surface area contributed by atoms with Gasteiger partial charge in [0.25, 0.3) is 0 Å². The van der Waals surface area contributed by atoms with Gasteiger partial charge in [-0.2, -0.15) is 0 Å². The average molecular weight is 264 g/mol. The number of hydrogen-bond donors (Lipinski definition) is 1. The molecule has 2 nitrogen and oxygen atoms in total. The van der Waals surface area contributed by atoms with Gasteiger partial charge in [-0.3, -0.25) is 4.99 Å². The van der Waals surface area contributed by atoms with Gasteiger partial charge in [0.2, 0.25) is 0 Å². The Balaban J connectivity index is 1.79. The molecule has 1 heterocycles. The molecule has 0 fully saturated rings. The zero-order valence-electron chi connectivity index (χ0n) is 13.0. The zero-order valence-corrected chi connectivity index (χ0v) is 13.0. The van der Waals surface area contributed by atoms with Gasteiger partial charge < -0.3 is 5.32 Å². The summed E-state index contributed by atoms with van der Waals surface area (Å²) in [6, 6.07) is 0. The van der Waals surface area contributed by atoms with E-state index in [1.165, 1.54) is 69.9 Å². The number of aliphatic imine (C=N–C) groups is 1. The van der Waals surface area contributed by atoms with Crippen LogP contribution in [0.15, 0.2) is 16.8 Å². The van der Waals surface area contributed by atoms with Gasteiger partial charge in [-0.05, 0) is 13.3 Å². The molecule has 0 unspecified atom stereocenters. The molecule has 0 saturated heterocycles. The number of nitrogens with one attached hydrogen (secondary N) is 1. The molecule has 0 saturated carbocycles. The monoisotopic (exact) mass is 264 g/mol. The summed E-state index contributed by atoms with van der Waals surface area (Å²) in [4.78, 5) is 4.59. The lowest BCUT2D eigenvalue weighted by Crippen LogP contribution is -2.14. The van der Waals surface area contributed by atoms with Crippen LogP contribution < -0.4 is 5.32 Å². The molecule has 0 radical (unpaired) electrons. The molecule has 1 N–H and O–H groups in total. The van der Waals surface area contributed by atoms with E-state index in [-0.39, 0.29) is 0 Å². The van der Waals surface area contributed by atoms with Crippen molar-refractivity contribution >= 4 is 5.84 Å². The number of hydrogen-bond acceptors (Lipinski definition) is 1. The van der Waals surface area contributed by atoms with Crippen molar-refractivity contribution in [2.45, 2.75) is 84.5 Å². The largest absolute Gasteiger partial charge is 0.348 e. The van der Waals surface area contributed by atoms with Gasteiger partial charge in [0.05, 0.1) is 0 Å². The third kappa shape index (κ3) is 8.85. The van der Waals surface area contributed by atoms with Crippen LogP contribution in [0.5, 0.6) is 0 Å². The molecule has 2 heteroatoms. The predicted octanol–water partition coefficient (Wildman–Crippen LogP) is 5.20. The van der Waals surface area contributed by atoms with Gasteiger partial charge in [0, 0.05) is 18.7 Å². The molecule has 0 spiro atoms. The van der Waals surface area contributed by atoms with E-state index in [4.69, 9.17) is 0 Å². The lowest BCUT2D eigenvalue weighted by atomic mass is 10.1. The first-order valence-corrected chi connectivity index (χ1v) is 8.30. The van der Waals surface area contributed by atoms with Crippen molar-refractivity contribution in [1.29, 1.82) is 0 Å². The summed E-state index contributed by atoms with van der Waals surface area (Å²) >= 11 is 0. The Bertz CT molecular complexity index is 279. The Morgan fingerprint density at radius 1 is 0.947 bits per heavy atom. The highest BCUT2D eigenvalue weighted by atomic mass is 15.0. The third-order valence-electron chi connectivity index (χ3n) is 3.76. The van der Waals surface area contributed by atoms with Crippen molar-refractivity contribution in [2.75, 3.05) is 6.54 Å². The molecular formula is C17H32N2. The van der Waals surface area contributed by atoms with Crippen LogP contribution in [0, 0.1) is 0 Å². The minimum Gasteiger partial charge on any atom is -0.348 e. The van der Waals surface area contributed by atoms with Crippen molar-refractivity contribution in [3.63, 3.8) is 0 Å². The topological polar surface area (TPSA) is 24.4 Å². The van der Waals surface area contributed by atoms with Crippen molar-refractivity contribution in [2.24, 2.45) is 4.99 Å². The second-order valence-electron chi connectivity index (χ2n) is 5.73. The quantitative estimate of drug-likeness (QED) is 0.509. The van der Waals surface area contributed by atoms with E-state index in [0.717, 1.165) is 18.8 Å². The van der Waals surface area contributed by atoms with Gasteiger partial charge in [0.15, 0.2) is 0 Å². The van der Waals surface area contributed by atoms with Gasteiger partial charge in [-0.25, -0.2) is 0 Å². The van der Waals surface area contributed by atoms with Crippen molar-refractivity contribution in [3.05, 3.63) is 11.8 Å². The second-order valence-corrected chi connectivity index (χ2v) is 5.73. The summed E-state index contributed by atoms with van der Waals surface area (Å²) in [5.74, 6) is 1.16. The standard InChI is InChI=1S/C17H32N2/c1-3-4-5-6-7-8-9-10-11-12-15-18-17-14-13-16(2)19-17/h13H,3-12,14-15H2,1-2H3,(H,18,19). The van der Waals surface area contributed by atoms with Crippen molar-refractivity contribution < 1.29 is 0 Å². The first-order chi connectivity index (χ1) is 9.33. The maximum atomic E-state index is 4.59. The fourth-order valence-corrected chi connectivity index (χ4v) is 2.50. The van der Waals surface area contributed by atoms with E-state index in [2.05, 4.69) is 30.2 Å². The molecule has 0 amide bonds. The van der Waals surface area contributed by atoms with Gasteiger partial charge in [-0.15, -0.1) is 0 Å². The van der Waals surface area contributed by atoms with Crippen LogP contribution in [0.4, 0.5) is 0 Å². The molecule has 0 aromatic carbocycles. The number of rotatable bonds is 11. The molecule has 1 aliphatic rings. The SMILES string of the molecule is CCCCCCCCCCCCN=C1CC=C(C)N1. The molecule has 0 aliphatic carbocycles. The Labute approximate surface area is 119 Å². The first kappa shape index (κ1) is 16.3. The van der Waals surface area contributed by atoms with E-state index >= 15 is 0 Å². The van der Waals surface area contributed by atoms with E-state index in [1.54, 1.807) is 0 Å². The predicted molar refractivity (Wildman–Crippen MR) is 85.7 cm³/mol. The Kier molecular flexibility index (Phi) is 9.48. The molecular weight excluding hydrogens is 232 g/mol. The Morgan fingerprint density at radius 3 is 2.05 bits per heavy atom. The summed E-state index contributed by atoms with van der Waals surface area (Å²) in [5, 5.41) is 3.30. The van der Waals surface area contributed by atoms with Crippen LogP contribution in [0.1, 0.15) is 84.5 Å². The molecule has 19 heavy (non-hydrogen) atoms. The maximum absolute atomic E-state index is 4.59. The number of amidine groups is 1. The lowest BCUT2D eigenvalue weighted by molar-refractivity contribution is 0.558. The summed E-state index contributed by atoms with van der Waals surface area (Å²) in [6.45, 7) is 5.38. The average Bonchev–Trinajstić information content (AvgIpc) is 2.82. The lowest BCUT2D eigenvalue weighted by Gasteiger charge is -2.02. The fourth-order valence-electron chi connectivity index (χ4n) is 2.50. The summed E-state index contributed by atoms with van der Waals surface area (Å²) in [7, 11) is 0. The molecule has 1 rings (SSSR count). The highest BCUT2D eigenvalue weighted by Crippen LogP contribution is 2.10. The Morgan fingerprint density at radius 2 is 1.53 bits per heavy atom. The zero-order chi connectivity index (χ0) is 13.8. The van der Waals surface area contributed by atoms with Gasteiger partial charge in [0.1, 0.15) is 5.84 Å². The maximum Gasteiger partial charge on any atom is 0.104 e. The molecule has 0 bridgehead atoms. The third-order valence-corrected chi connectivity index (χ3v) is 3.76. The van der Waals surface area contributed by atoms with Crippen LogP contribution in [-0.4, -0.2) is 12.4 Å². The summed E-state index contributed by atoms with van der Waals surface area (Å²) < 4.78 is 0. The molecule has 0 aromatic heterocycles. The van der Waals surface area contributed by atoms with Crippen LogP contribution >= 0.6 is 0 Å². The summed E-state index contributed by atoms with van der Waals surface area (Å²) in [5.41, 5.74) is 1.25. The van der Waals surface area contributed by atoms with Gasteiger partial charge in [-0.1, -0.05) is 70.8 Å². The normalized spacial score (nSPS) is 16.7. The molecule has 110 valence electrons. The Hall–Kier alpha value is -0.790. The highest BCUT2D eigenvalue weighted by molar-refractivity contribution is 5.87. The van der Waals surface area contributed by atoms with Crippen molar-refractivity contribution in [1.82, 2.24) is 5.32 Å². The van der Waals surface area contributed by atoms with Crippen LogP contribution in [-0.2, 0) is 0 Å². The van der Waals surface area contributed by atoms with E-state index in [0.29, 0.717) is 0 Å². The second kappa shape index (κ2) is 11.1.